The zero-order valence-corrected chi connectivity index (χ0v) is 25.1. The molecule has 0 saturated carbocycles. The molecule has 1 heterocycles. The summed E-state index contributed by atoms with van der Waals surface area (Å²) >= 11 is 13.5. The number of hydrogen-bond acceptors (Lipinski definition) is 6. The highest BCUT2D eigenvalue weighted by molar-refractivity contribution is 7.22. The molecule has 0 unspecified atom stereocenters. The lowest BCUT2D eigenvalue weighted by molar-refractivity contribution is 0.103. The van der Waals surface area contributed by atoms with Gasteiger partial charge in [-0.3, -0.25) is 4.79 Å². The van der Waals surface area contributed by atoms with Crippen LogP contribution in [0.1, 0.15) is 32.6 Å². The first-order valence-electron chi connectivity index (χ1n) is 13.4. The summed E-state index contributed by atoms with van der Waals surface area (Å²) in [6.07, 6.45) is 0. The van der Waals surface area contributed by atoms with Crippen LogP contribution in [0.15, 0.2) is 126 Å². The zero-order valence-electron chi connectivity index (χ0n) is 22.7. The number of rotatable bonds is 9. The van der Waals surface area contributed by atoms with Crippen molar-refractivity contribution in [2.24, 2.45) is 4.99 Å². The Labute approximate surface area is 263 Å². The van der Waals surface area contributed by atoms with Gasteiger partial charge in [0, 0.05) is 26.7 Å². The molecule has 0 amide bonds. The molecule has 212 valence electrons. The van der Waals surface area contributed by atoms with E-state index in [0.29, 0.717) is 38.8 Å². The third-order valence-corrected chi connectivity index (χ3v) is 8.00. The van der Waals surface area contributed by atoms with E-state index in [9.17, 15) is 4.79 Å². The molecule has 0 bridgehead atoms. The minimum atomic E-state index is -0.0482. The van der Waals surface area contributed by atoms with Gasteiger partial charge in [-0.2, -0.15) is 4.99 Å². The quantitative estimate of drug-likeness (QED) is 0.0914. The van der Waals surface area contributed by atoms with Crippen molar-refractivity contribution in [2.75, 3.05) is 0 Å². The van der Waals surface area contributed by atoms with E-state index in [4.69, 9.17) is 42.7 Å². The van der Waals surface area contributed by atoms with Crippen LogP contribution in [0.5, 0.6) is 5.75 Å². The summed E-state index contributed by atoms with van der Waals surface area (Å²) < 4.78 is 13.1. The Balaban J connectivity index is 1.25. The number of nitrogens with zero attached hydrogens (tertiary/aromatic N) is 2. The van der Waals surface area contributed by atoms with Crippen LogP contribution in [0.2, 0.25) is 10.0 Å². The summed E-state index contributed by atoms with van der Waals surface area (Å²) in [5, 5.41) is 1.89. The number of ketones is 1. The van der Waals surface area contributed by atoms with Gasteiger partial charge in [0.25, 0.3) is 0 Å². The number of thiazole rings is 1. The van der Waals surface area contributed by atoms with Gasteiger partial charge in [-0.05, 0) is 65.7 Å². The van der Waals surface area contributed by atoms with Gasteiger partial charge in [-0.25, -0.2) is 4.98 Å². The molecule has 5 aromatic carbocycles. The van der Waals surface area contributed by atoms with Gasteiger partial charge in [0.1, 0.15) is 19.0 Å². The van der Waals surface area contributed by atoms with Gasteiger partial charge in [-0.15, -0.1) is 0 Å². The molecule has 0 aliphatic heterocycles. The molecule has 1 aromatic heterocycles. The van der Waals surface area contributed by atoms with Crippen LogP contribution in [-0.2, 0) is 18.0 Å². The molecule has 0 atom stereocenters. The summed E-state index contributed by atoms with van der Waals surface area (Å²) in [6, 6.07) is 37.3. The maximum absolute atomic E-state index is 12.9. The molecule has 6 aromatic rings. The molecule has 6 rings (SSSR count). The smallest absolute Gasteiger partial charge is 0.223 e. The zero-order chi connectivity index (χ0) is 29.6. The summed E-state index contributed by atoms with van der Waals surface area (Å²) in [4.78, 5) is 22.4. The van der Waals surface area contributed by atoms with E-state index in [0.717, 1.165) is 32.7 Å². The van der Waals surface area contributed by atoms with Crippen LogP contribution in [-0.4, -0.2) is 16.7 Å². The number of carbonyl (C=O) groups excluding carboxylic acids is 1. The van der Waals surface area contributed by atoms with E-state index in [1.54, 1.807) is 24.3 Å². The van der Waals surface area contributed by atoms with Crippen LogP contribution in [0.3, 0.4) is 0 Å². The number of ether oxygens (including phenoxy) is 2. The third-order valence-electron chi connectivity index (χ3n) is 6.58. The Morgan fingerprint density at radius 2 is 1.30 bits per heavy atom. The average molecular weight is 624 g/mol. The van der Waals surface area contributed by atoms with E-state index < -0.39 is 0 Å². The van der Waals surface area contributed by atoms with Crippen molar-refractivity contribution in [3.63, 3.8) is 0 Å². The number of hydrogen-bond donors (Lipinski definition) is 0. The maximum atomic E-state index is 12.9. The summed E-state index contributed by atoms with van der Waals surface area (Å²) in [6.45, 7) is 0.715. The highest BCUT2D eigenvalue weighted by atomic mass is 35.5. The number of halogens is 2. The molecule has 0 aliphatic rings. The van der Waals surface area contributed by atoms with Crippen LogP contribution in [0.25, 0.3) is 10.2 Å². The second-order valence-electron chi connectivity index (χ2n) is 9.65. The first kappa shape index (κ1) is 28.6. The fourth-order valence-electron chi connectivity index (χ4n) is 4.30. The Hall–Kier alpha value is -4.49. The van der Waals surface area contributed by atoms with E-state index in [2.05, 4.69) is 0 Å². The van der Waals surface area contributed by atoms with Crippen LogP contribution < -0.4 is 4.74 Å². The predicted molar refractivity (Wildman–Crippen MR) is 174 cm³/mol. The van der Waals surface area contributed by atoms with Crippen molar-refractivity contribution >= 4 is 61.6 Å². The molecule has 5 nitrogen and oxygen atoms in total. The van der Waals surface area contributed by atoms with E-state index >= 15 is 0 Å². The van der Waals surface area contributed by atoms with Crippen molar-refractivity contribution in [2.45, 2.75) is 13.2 Å². The minimum absolute atomic E-state index is 0.0482. The summed E-state index contributed by atoms with van der Waals surface area (Å²) in [5.41, 5.74) is 4.72. The molecule has 0 radical (unpaired) electrons. The molecule has 0 saturated heterocycles. The first-order valence-corrected chi connectivity index (χ1v) is 15.0. The molecule has 43 heavy (non-hydrogen) atoms. The van der Waals surface area contributed by atoms with Gasteiger partial charge in [0.05, 0.1) is 10.2 Å². The fourth-order valence-corrected chi connectivity index (χ4v) is 5.41. The lowest BCUT2D eigenvalue weighted by atomic mass is 10.0. The number of aromatic nitrogens is 1. The molecule has 8 heteroatoms. The lowest BCUT2D eigenvalue weighted by Gasteiger charge is -2.10. The molecule has 0 N–H and O–H groups in total. The topological polar surface area (TPSA) is 60.8 Å². The highest BCUT2D eigenvalue weighted by Crippen LogP contribution is 2.32. The first-order chi connectivity index (χ1) is 21.0. The Bertz CT molecular complexity index is 1890. The Kier molecular flexibility index (Phi) is 8.80. The average Bonchev–Trinajstić information content (AvgIpc) is 3.45. The number of benzene rings is 5. The van der Waals surface area contributed by atoms with Crippen molar-refractivity contribution in [1.29, 1.82) is 0 Å². The molecule has 0 fully saturated rings. The predicted octanol–water partition coefficient (Wildman–Crippen LogP) is 9.71. The van der Waals surface area contributed by atoms with Crippen molar-refractivity contribution in [3.8, 4) is 5.75 Å². The van der Waals surface area contributed by atoms with E-state index in [1.807, 2.05) is 97.1 Å². The second kappa shape index (κ2) is 13.2. The fraction of sp³-hybridized carbons (Fsp3) is 0.0571. The van der Waals surface area contributed by atoms with E-state index in [-0.39, 0.29) is 12.4 Å². The SMILES string of the molecule is O=C(c1ccccc1)c1ccc(/C(=N/c2nc3ccc(OCc4ccc(Cl)cc4)cc3s2)OCc2ccc(Cl)cc2)cc1. The summed E-state index contributed by atoms with van der Waals surface area (Å²) in [5.74, 6) is 1.08. The van der Waals surface area contributed by atoms with Crippen LogP contribution >= 0.6 is 34.5 Å². The number of fused-ring (bicyclic) bond motifs is 1. The van der Waals surface area contributed by atoms with Gasteiger partial charge < -0.3 is 9.47 Å². The molecular formula is C35H24Cl2N2O3S. The largest absolute Gasteiger partial charge is 0.489 e. The van der Waals surface area contributed by atoms with Crippen LogP contribution in [0.4, 0.5) is 5.13 Å². The number of carbonyl (C=O) groups is 1. The molecule has 0 aliphatic carbocycles. The normalized spacial score (nSPS) is 11.4. The van der Waals surface area contributed by atoms with E-state index in [1.165, 1.54) is 11.3 Å². The van der Waals surface area contributed by atoms with Gasteiger partial charge in [0.15, 0.2) is 5.78 Å². The molecular weight excluding hydrogens is 599 g/mol. The Morgan fingerprint density at radius 1 is 0.698 bits per heavy atom. The van der Waals surface area contributed by atoms with Gasteiger partial charge in [0.2, 0.25) is 11.0 Å². The minimum Gasteiger partial charge on any atom is -0.489 e. The van der Waals surface area contributed by atoms with Gasteiger partial charge >= 0.3 is 0 Å². The Morgan fingerprint density at radius 3 is 1.98 bits per heavy atom. The lowest BCUT2D eigenvalue weighted by Crippen LogP contribution is -2.08. The summed E-state index contributed by atoms with van der Waals surface area (Å²) in [7, 11) is 0. The van der Waals surface area contributed by atoms with Gasteiger partial charge in [-0.1, -0.05) is 101 Å². The second-order valence-corrected chi connectivity index (χ2v) is 11.5. The monoisotopic (exact) mass is 622 g/mol. The standard InChI is InChI=1S/C35H24Cl2N2O3S/c36-28-14-6-23(7-15-28)21-41-30-18-19-31-32(20-30)43-35(38-31)39-34(42-22-24-8-16-29(37)17-9-24)27-12-10-26(11-13-27)33(40)25-4-2-1-3-5-25/h1-20H,21-22H2/b39-34-. The molecule has 0 spiro atoms. The highest BCUT2D eigenvalue weighted by Gasteiger charge is 2.13. The van der Waals surface area contributed by atoms with Crippen LogP contribution in [0, 0.1) is 0 Å². The van der Waals surface area contributed by atoms with Crippen molar-refractivity contribution in [1.82, 2.24) is 4.98 Å². The van der Waals surface area contributed by atoms with Crippen molar-refractivity contribution < 1.29 is 14.3 Å². The third kappa shape index (κ3) is 7.30. The van der Waals surface area contributed by atoms with Crippen molar-refractivity contribution in [3.05, 3.63) is 159 Å². The number of aliphatic imine (C=N–C) groups is 1. The maximum Gasteiger partial charge on any atom is 0.223 e.